The van der Waals surface area contributed by atoms with Crippen molar-refractivity contribution in [2.45, 2.75) is 59.9 Å². The van der Waals surface area contributed by atoms with Gasteiger partial charge in [-0.3, -0.25) is 0 Å². The van der Waals surface area contributed by atoms with E-state index in [4.69, 9.17) is 0 Å². The number of aromatic nitrogens is 2. The van der Waals surface area contributed by atoms with Gasteiger partial charge in [-0.05, 0) is 49.9 Å². The maximum atomic E-state index is 4.60. The quantitative estimate of drug-likeness (QED) is 0.883. The number of nitrogens with zero attached hydrogens (tertiary/aromatic N) is 2. The second-order valence-corrected chi connectivity index (χ2v) is 7.71. The van der Waals surface area contributed by atoms with E-state index >= 15 is 0 Å². The van der Waals surface area contributed by atoms with E-state index in [2.05, 4.69) is 48.3 Å². The van der Waals surface area contributed by atoms with Crippen molar-refractivity contribution in [3.8, 4) is 0 Å². The summed E-state index contributed by atoms with van der Waals surface area (Å²) in [4.78, 5) is 9.04. The van der Waals surface area contributed by atoms with Gasteiger partial charge in [0, 0.05) is 18.7 Å². The molecule has 3 atom stereocenters. The van der Waals surface area contributed by atoms with Crippen LogP contribution in [-0.2, 0) is 0 Å². The fraction of sp³-hybridized carbons (Fsp3) is 0.765. The van der Waals surface area contributed by atoms with Crippen molar-refractivity contribution in [1.82, 2.24) is 9.97 Å². The molecule has 3 rings (SSSR count). The Morgan fingerprint density at radius 1 is 1.24 bits per heavy atom. The molecule has 1 heterocycles. The average Bonchev–Trinajstić information content (AvgIpc) is 2.86. The van der Waals surface area contributed by atoms with Crippen molar-refractivity contribution in [2.24, 2.45) is 16.7 Å². The Labute approximate surface area is 128 Å². The minimum atomic E-state index is 0.338. The Morgan fingerprint density at radius 3 is 2.57 bits per heavy atom. The number of aryl methyl sites for hydroxylation is 1. The fourth-order valence-electron chi connectivity index (χ4n) is 4.72. The van der Waals surface area contributed by atoms with Gasteiger partial charge in [-0.25, -0.2) is 9.97 Å². The number of hydrogen-bond donors (Lipinski definition) is 2. The molecule has 0 radical (unpaired) electrons. The Hall–Kier alpha value is -1.32. The van der Waals surface area contributed by atoms with Crippen LogP contribution < -0.4 is 10.6 Å². The zero-order chi connectivity index (χ0) is 15.3. The van der Waals surface area contributed by atoms with Crippen LogP contribution in [0.3, 0.4) is 0 Å². The van der Waals surface area contributed by atoms with Gasteiger partial charge in [-0.2, -0.15) is 0 Å². The van der Waals surface area contributed by atoms with Crippen LogP contribution in [0.5, 0.6) is 0 Å². The SMILES string of the molecule is CCNc1cc(NC2C3(C)CCC(C3)C2(C)C)nc(C)n1. The molecule has 0 saturated heterocycles. The molecule has 1 aromatic rings. The third-order valence-corrected chi connectivity index (χ3v) is 5.76. The molecule has 2 fully saturated rings. The average molecular weight is 288 g/mol. The zero-order valence-corrected chi connectivity index (χ0v) is 14.0. The lowest BCUT2D eigenvalue weighted by molar-refractivity contribution is 0.155. The molecular weight excluding hydrogens is 260 g/mol. The molecule has 0 aromatic carbocycles. The van der Waals surface area contributed by atoms with E-state index in [1.54, 1.807) is 0 Å². The van der Waals surface area contributed by atoms with Gasteiger partial charge < -0.3 is 10.6 Å². The molecule has 2 aliphatic carbocycles. The Balaban J connectivity index is 1.86. The summed E-state index contributed by atoms with van der Waals surface area (Å²) in [5.41, 5.74) is 0.746. The molecule has 116 valence electrons. The highest BCUT2D eigenvalue weighted by Crippen LogP contribution is 2.63. The van der Waals surface area contributed by atoms with E-state index in [0.29, 0.717) is 16.9 Å². The highest BCUT2D eigenvalue weighted by atomic mass is 15.1. The van der Waals surface area contributed by atoms with Gasteiger partial charge in [-0.15, -0.1) is 0 Å². The Bertz CT molecular complexity index is 535. The molecule has 4 heteroatoms. The van der Waals surface area contributed by atoms with Gasteiger partial charge in [-0.1, -0.05) is 20.8 Å². The molecule has 2 N–H and O–H groups in total. The number of fused-ring (bicyclic) bond motifs is 2. The molecule has 2 saturated carbocycles. The largest absolute Gasteiger partial charge is 0.370 e. The first kappa shape index (κ1) is 14.6. The number of anilines is 2. The Kier molecular flexibility index (Phi) is 3.38. The summed E-state index contributed by atoms with van der Waals surface area (Å²) in [6, 6.07) is 2.54. The maximum Gasteiger partial charge on any atom is 0.132 e. The molecular formula is C17H28N4. The van der Waals surface area contributed by atoms with Gasteiger partial charge in [0.15, 0.2) is 0 Å². The van der Waals surface area contributed by atoms with Crippen molar-refractivity contribution in [3.05, 3.63) is 11.9 Å². The topological polar surface area (TPSA) is 49.8 Å². The van der Waals surface area contributed by atoms with Gasteiger partial charge in [0.2, 0.25) is 0 Å². The maximum absolute atomic E-state index is 4.60. The predicted octanol–water partition coefficient (Wildman–Crippen LogP) is 3.84. The van der Waals surface area contributed by atoms with Gasteiger partial charge in [0.05, 0.1) is 0 Å². The smallest absolute Gasteiger partial charge is 0.132 e. The summed E-state index contributed by atoms with van der Waals surface area (Å²) in [5, 5.41) is 7.04. The van der Waals surface area contributed by atoms with Crippen LogP contribution in [0.15, 0.2) is 6.07 Å². The molecule has 0 amide bonds. The fourth-order valence-corrected chi connectivity index (χ4v) is 4.72. The summed E-state index contributed by atoms with van der Waals surface area (Å²) in [5.74, 6) is 3.54. The van der Waals surface area contributed by atoms with Gasteiger partial charge in [0.1, 0.15) is 17.5 Å². The monoisotopic (exact) mass is 288 g/mol. The van der Waals surface area contributed by atoms with E-state index in [0.717, 1.165) is 29.9 Å². The van der Waals surface area contributed by atoms with Crippen molar-refractivity contribution < 1.29 is 0 Å². The molecule has 2 bridgehead atoms. The minimum Gasteiger partial charge on any atom is -0.370 e. The van der Waals surface area contributed by atoms with Crippen LogP contribution in [0.4, 0.5) is 11.6 Å². The molecule has 3 unspecified atom stereocenters. The second-order valence-electron chi connectivity index (χ2n) is 7.71. The molecule has 0 spiro atoms. The van der Waals surface area contributed by atoms with Gasteiger partial charge >= 0.3 is 0 Å². The Morgan fingerprint density at radius 2 is 1.95 bits per heavy atom. The van der Waals surface area contributed by atoms with Crippen LogP contribution in [0, 0.1) is 23.7 Å². The second kappa shape index (κ2) is 4.85. The number of rotatable bonds is 4. The third kappa shape index (κ3) is 2.39. The highest BCUT2D eigenvalue weighted by molar-refractivity contribution is 5.49. The lowest BCUT2D eigenvalue weighted by Crippen LogP contribution is -2.46. The molecule has 0 aliphatic heterocycles. The lowest BCUT2D eigenvalue weighted by Gasteiger charge is -2.43. The van der Waals surface area contributed by atoms with E-state index in [1.165, 1.54) is 19.3 Å². The summed E-state index contributed by atoms with van der Waals surface area (Å²) in [6.45, 7) is 12.2. The summed E-state index contributed by atoms with van der Waals surface area (Å²) in [7, 11) is 0. The first-order valence-corrected chi connectivity index (χ1v) is 8.21. The van der Waals surface area contributed by atoms with Crippen molar-refractivity contribution in [3.63, 3.8) is 0 Å². The zero-order valence-electron chi connectivity index (χ0n) is 14.0. The lowest BCUT2D eigenvalue weighted by atomic mass is 9.68. The van der Waals surface area contributed by atoms with Crippen molar-refractivity contribution in [1.29, 1.82) is 0 Å². The van der Waals surface area contributed by atoms with E-state index in [9.17, 15) is 0 Å². The van der Waals surface area contributed by atoms with Crippen LogP contribution in [0.25, 0.3) is 0 Å². The van der Waals surface area contributed by atoms with Crippen LogP contribution in [0.2, 0.25) is 0 Å². The number of hydrogen-bond acceptors (Lipinski definition) is 4. The summed E-state index contributed by atoms with van der Waals surface area (Å²) in [6.07, 6.45) is 4.07. The standard InChI is InChI=1S/C17H28N4/c1-6-18-13-9-14(20-11(2)19-13)21-15-16(3,4)12-7-8-17(15,5)10-12/h9,12,15H,6-8,10H2,1-5H3,(H2,18,19,20,21). The van der Waals surface area contributed by atoms with E-state index in [-0.39, 0.29) is 0 Å². The van der Waals surface area contributed by atoms with Crippen molar-refractivity contribution in [2.75, 3.05) is 17.2 Å². The number of nitrogens with one attached hydrogen (secondary N) is 2. The van der Waals surface area contributed by atoms with Crippen molar-refractivity contribution >= 4 is 11.6 Å². The minimum absolute atomic E-state index is 0.338. The first-order valence-electron chi connectivity index (χ1n) is 8.21. The molecule has 1 aromatic heterocycles. The van der Waals surface area contributed by atoms with Crippen LogP contribution in [-0.4, -0.2) is 22.6 Å². The van der Waals surface area contributed by atoms with Gasteiger partial charge in [0.25, 0.3) is 0 Å². The summed E-state index contributed by atoms with van der Waals surface area (Å²) >= 11 is 0. The van der Waals surface area contributed by atoms with Crippen LogP contribution in [0.1, 0.15) is 52.8 Å². The summed E-state index contributed by atoms with van der Waals surface area (Å²) < 4.78 is 0. The van der Waals surface area contributed by atoms with Crippen LogP contribution >= 0.6 is 0 Å². The third-order valence-electron chi connectivity index (χ3n) is 5.76. The molecule has 2 aliphatic rings. The normalized spacial score (nSPS) is 33.2. The first-order chi connectivity index (χ1) is 9.85. The van der Waals surface area contributed by atoms with E-state index in [1.807, 2.05) is 13.0 Å². The molecule has 21 heavy (non-hydrogen) atoms. The highest BCUT2D eigenvalue weighted by Gasteiger charge is 2.59. The molecule has 4 nitrogen and oxygen atoms in total. The predicted molar refractivity (Wildman–Crippen MR) is 87.6 cm³/mol. The van der Waals surface area contributed by atoms with E-state index < -0.39 is 0 Å².